The first-order valence-electron chi connectivity index (χ1n) is 30.4. The molecule has 0 radical (unpaired) electrons. The Hall–Kier alpha value is -12.9. The van der Waals surface area contributed by atoms with E-state index >= 15 is 28.0 Å². The lowest BCUT2D eigenvalue weighted by molar-refractivity contribution is -0.191. The van der Waals surface area contributed by atoms with Crippen LogP contribution in [-0.4, -0.2) is 47.2 Å². The van der Waals surface area contributed by atoms with Gasteiger partial charge in [0, 0.05) is 71.7 Å². The molecule has 24 heteroatoms. The molecule has 3 atom stereocenters. The van der Waals surface area contributed by atoms with Crippen molar-refractivity contribution in [2.24, 2.45) is 16.8 Å². The Morgan fingerprint density at radius 2 is 0.880 bits per heavy atom. The van der Waals surface area contributed by atoms with Gasteiger partial charge in [-0.15, -0.1) is 22.7 Å². The SMILES string of the molecule is N#CC(C#N)=C1C(=Nc2cc3c(s2)C2=CC4C=C5OC(C(=O)OCc6ccccc6)(C(=O)OCc6ccccc6)c6cc(NC7C(=O)c8cc(F)c(F)cc8C7=C(C#N)C#N)sc6C5=CC4C=C2OC3(C(=O)OCc2ccccc2)C(=O)OCc2ccccc2)C(=O)c2cc(F)c(F)cc21. The number of benzene rings is 6. The molecule has 14 rings (SSSR count). The summed E-state index contributed by atoms with van der Waals surface area (Å²) >= 11 is 1.67. The Morgan fingerprint density at radius 1 is 0.490 bits per heavy atom. The lowest BCUT2D eigenvalue weighted by Crippen LogP contribution is -2.51. The number of nitrogens with zero attached hydrogens (tertiary/aromatic N) is 5. The van der Waals surface area contributed by atoms with Gasteiger partial charge >= 0.3 is 35.1 Å². The van der Waals surface area contributed by atoms with Gasteiger partial charge in [-0.25, -0.2) is 41.7 Å². The van der Waals surface area contributed by atoms with Crippen LogP contribution < -0.4 is 5.32 Å². The highest BCUT2D eigenvalue weighted by molar-refractivity contribution is 7.17. The Morgan fingerprint density at radius 3 is 1.31 bits per heavy atom. The second kappa shape index (κ2) is 25.9. The monoisotopic (exact) mass is 1370 g/mol. The molecule has 4 aliphatic carbocycles. The summed E-state index contributed by atoms with van der Waals surface area (Å²) in [7, 11) is 0. The Kier molecular flexibility index (Phi) is 16.7. The molecular weight excluding hydrogens is 1330 g/mol. The number of thiophene rings is 2. The smallest absolute Gasteiger partial charge is 0.367 e. The molecule has 4 heterocycles. The van der Waals surface area contributed by atoms with E-state index in [4.69, 9.17) is 28.4 Å². The zero-order valence-corrected chi connectivity index (χ0v) is 53.0. The molecule has 2 aliphatic heterocycles. The van der Waals surface area contributed by atoms with Crippen LogP contribution in [0.3, 0.4) is 0 Å². The summed E-state index contributed by atoms with van der Waals surface area (Å²) in [6.45, 7) is -1.57. The summed E-state index contributed by atoms with van der Waals surface area (Å²) in [6.07, 6.45) is 6.52. The molecule has 18 nitrogen and oxygen atoms in total. The van der Waals surface area contributed by atoms with Crippen molar-refractivity contribution in [3.05, 3.63) is 293 Å². The fourth-order valence-corrected chi connectivity index (χ4v) is 14.8. The number of halogens is 4. The van der Waals surface area contributed by atoms with Gasteiger partial charge < -0.3 is 33.7 Å². The lowest BCUT2D eigenvalue weighted by Gasteiger charge is -2.41. The average molecular weight is 1370 g/mol. The zero-order chi connectivity index (χ0) is 69.7. The predicted molar refractivity (Wildman–Crippen MR) is 350 cm³/mol. The van der Waals surface area contributed by atoms with E-state index in [2.05, 4.69) is 10.3 Å². The molecule has 3 unspecified atom stereocenters. The third-order valence-electron chi connectivity index (χ3n) is 17.3. The van der Waals surface area contributed by atoms with E-state index in [0.717, 1.165) is 22.7 Å². The van der Waals surface area contributed by atoms with E-state index in [1.807, 2.05) is 0 Å². The number of allylic oxidation sites excluding steroid dienone is 9. The highest BCUT2D eigenvalue weighted by atomic mass is 32.1. The number of esters is 4. The predicted octanol–water partition coefficient (Wildman–Crippen LogP) is 13.5. The largest absolute Gasteiger partial charge is 0.459 e. The van der Waals surface area contributed by atoms with Gasteiger partial charge in [-0.1, -0.05) is 133 Å². The van der Waals surface area contributed by atoms with Crippen LogP contribution in [0.4, 0.5) is 27.6 Å². The molecule has 2 aromatic heterocycles. The van der Waals surface area contributed by atoms with Gasteiger partial charge in [0.1, 0.15) is 90.1 Å². The van der Waals surface area contributed by atoms with Crippen molar-refractivity contribution in [3.8, 4) is 24.3 Å². The number of hydrogen-bond donors (Lipinski definition) is 1. The number of carbonyl (C=O) groups excluding carboxylic acids is 6. The van der Waals surface area contributed by atoms with Gasteiger partial charge in [0.15, 0.2) is 29.1 Å². The van der Waals surface area contributed by atoms with Gasteiger partial charge in [0.25, 0.3) is 0 Å². The van der Waals surface area contributed by atoms with Gasteiger partial charge in [-0.05, 0) is 76.4 Å². The molecule has 0 spiro atoms. The molecule has 100 heavy (non-hydrogen) atoms. The van der Waals surface area contributed by atoms with Crippen LogP contribution in [0.5, 0.6) is 0 Å². The van der Waals surface area contributed by atoms with Crippen molar-refractivity contribution >= 4 is 96.1 Å². The third-order valence-corrected chi connectivity index (χ3v) is 19.4. The summed E-state index contributed by atoms with van der Waals surface area (Å²) in [6, 6.07) is 44.4. The normalized spacial score (nSPS) is 17.8. The van der Waals surface area contributed by atoms with Crippen LogP contribution in [0.15, 0.2) is 210 Å². The second-order valence-electron chi connectivity index (χ2n) is 23.2. The maximum atomic E-state index is 15.5. The third kappa shape index (κ3) is 11.1. The number of nitriles is 4. The van der Waals surface area contributed by atoms with Gasteiger partial charge in [0.2, 0.25) is 5.78 Å². The van der Waals surface area contributed by atoms with E-state index in [0.29, 0.717) is 46.5 Å². The Bertz CT molecular complexity index is 5180. The van der Waals surface area contributed by atoms with Crippen LogP contribution in [0.1, 0.15) is 75.0 Å². The fraction of sp³-hybridized carbons (Fsp3) is 0.118. The van der Waals surface area contributed by atoms with Crippen LogP contribution in [0, 0.1) is 80.4 Å². The van der Waals surface area contributed by atoms with E-state index in [1.165, 1.54) is 12.1 Å². The molecule has 0 saturated heterocycles. The van der Waals surface area contributed by atoms with Gasteiger partial charge in [-0.2, -0.15) is 21.0 Å². The minimum Gasteiger partial charge on any atom is -0.459 e. The van der Waals surface area contributed by atoms with E-state index in [-0.39, 0.29) is 89.0 Å². The number of ether oxygens (including phenoxy) is 6. The highest BCUT2D eigenvalue weighted by Gasteiger charge is 2.62. The molecule has 8 aromatic rings. The maximum Gasteiger partial charge on any atom is 0.367 e. The van der Waals surface area contributed by atoms with Crippen LogP contribution >= 0.6 is 22.7 Å². The van der Waals surface area contributed by atoms with Crippen LogP contribution in [0.25, 0.3) is 22.3 Å². The summed E-state index contributed by atoms with van der Waals surface area (Å²) in [5.74, 6) is -14.5. The molecule has 6 aliphatic rings. The molecule has 0 saturated carbocycles. The van der Waals surface area contributed by atoms with E-state index < -0.39 is 129 Å². The van der Waals surface area contributed by atoms with Gasteiger partial charge in [-0.3, -0.25) is 9.59 Å². The summed E-state index contributed by atoms with van der Waals surface area (Å²) in [5, 5.41) is 43.7. The number of rotatable bonds is 15. The van der Waals surface area contributed by atoms with E-state index in [1.54, 1.807) is 170 Å². The van der Waals surface area contributed by atoms with Crippen LogP contribution in [0.2, 0.25) is 0 Å². The number of ketones is 2. The number of nitrogens with one attached hydrogen (secondary N) is 1. The molecule has 0 fully saturated rings. The topological polar surface area (TPSA) is 277 Å². The van der Waals surface area contributed by atoms with Crippen molar-refractivity contribution in [2.75, 3.05) is 5.32 Å². The molecule has 0 bridgehead atoms. The number of Topliss-reactive ketones (excluding diaryl/α,β-unsaturated/α-hetero) is 2. The first-order chi connectivity index (χ1) is 48.5. The molecule has 1 N–H and O–H groups in total. The first-order valence-corrected chi connectivity index (χ1v) is 32.0. The molecule has 6 aromatic carbocycles. The average Bonchev–Trinajstić information content (AvgIpc) is 1.30. The quantitative estimate of drug-likeness (QED) is 0.0328. The van der Waals surface area contributed by atoms with Crippen molar-refractivity contribution in [3.63, 3.8) is 0 Å². The first kappa shape index (κ1) is 64.5. The summed E-state index contributed by atoms with van der Waals surface area (Å²) in [5.41, 5.74) is -7.63. The number of anilines is 1. The van der Waals surface area contributed by atoms with Gasteiger partial charge in [0.05, 0.1) is 5.00 Å². The Balaban J connectivity index is 0.946. The lowest BCUT2D eigenvalue weighted by atomic mass is 9.75. The molecule has 488 valence electrons. The van der Waals surface area contributed by atoms with Crippen molar-refractivity contribution in [1.29, 1.82) is 21.0 Å². The molecular formula is C76H42F4N6O12S2. The maximum absolute atomic E-state index is 15.5. The summed E-state index contributed by atoms with van der Waals surface area (Å²) < 4.78 is 97.7. The minimum absolute atomic E-state index is 0.00685. The van der Waals surface area contributed by atoms with Crippen molar-refractivity contribution in [1.82, 2.24) is 0 Å². The standard InChI is InChI=1S/C76H42F4N6O12S2/c77-55-25-47-49(27-57(55)79)67(87)65(63(47)45(31-81)32-82)85-61-29-53-69(99-61)51-21-44-24-60-52(22-43(44)23-59(51)97-75(53,71(89)93-35-39-13-5-1-6-14-39)72(90)94-36-40-15-7-2-8-16-40)70-54(30-62(100-70)86-66-64(46(33-83)34-84)48-26-56(78)58(80)28-50(48)68(66)88)76(98-60,73(91)95-37-41-17-9-3-10-18-41)74(92)96-38-42-19-11-4-12-20-42/h1-30,43-44,65,85H,35-38H2. The fourth-order valence-electron chi connectivity index (χ4n) is 12.5. The second-order valence-corrected chi connectivity index (χ2v) is 25.3. The minimum atomic E-state index is -2.88. The van der Waals surface area contributed by atoms with Crippen molar-refractivity contribution < 1.29 is 74.8 Å². The highest BCUT2D eigenvalue weighted by Crippen LogP contribution is 2.58. The van der Waals surface area contributed by atoms with E-state index in [9.17, 15) is 39.4 Å². The molecule has 0 amide bonds. The number of hydrogen-bond acceptors (Lipinski definition) is 20. The van der Waals surface area contributed by atoms with Crippen LogP contribution in [-0.2, 0) is 85.2 Å². The Labute approximate surface area is 572 Å². The zero-order valence-electron chi connectivity index (χ0n) is 51.3. The number of fused-ring (bicyclic) bond motifs is 9. The number of aliphatic imine (C=N–C) groups is 1. The summed E-state index contributed by atoms with van der Waals surface area (Å²) in [4.78, 5) is 95.5. The van der Waals surface area contributed by atoms with Crippen molar-refractivity contribution in [2.45, 2.75) is 43.7 Å². The number of carbonyl (C=O) groups is 6.